The van der Waals surface area contributed by atoms with Crippen LogP contribution < -0.4 is 5.32 Å². The maximum Gasteiger partial charge on any atom is 0.407 e. The Morgan fingerprint density at radius 3 is 2.18 bits per heavy atom. The Hall–Kier alpha value is -3.35. The van der Waals surface area contributed by atoms with Gasteiger partial charge in [0.25, 0.3) is 0 Å². The summed E-state index contributed by atoms with van der Waals surface area (Å²) in [7, 11) is 0. The van der Waals surface area contributed by atoms with Crippen molar-refractivity contribution >= 4 is 18.0 Å². The number of fused-ring (bicyclic) bond motifs is 4. The van der Waals surface area contributed by atoms with Gasteiger partial charge in [0.15, 0.2) is 0 Å². The van der Waals surface area contributed by atoms with Crippen LogP contribution in [-0.4, -0.2) is 53.7 Å². The van der Waals surface area contributed by atoms with Crippen molar-refractivity contribution < 1.29 is 24.2 Å². The second kappa shape index (κ2) is 8.15. The lowest BCUT2D eigenvalue weighted by Crippen LogP contribution is -2.38. The van der Waals surface area contributed by atoms with E-state index in [9.17, 15) is 14.4 Å². The maximum atomic E-state index is 12.9. The second-order valence-corrected chi connectivity index (χ2v) is 10.1. The van der Waals surface area contributed by atoms with E-state index in [4.69, 9.17) is 9.84 Å². The van der Waals surface area contributed by atoms with E-state index in [0.29, 0.717) is 19.5 Å². The summed E-state index contributed by atoms with van der Waals surface area (Å²) < 4.78 is 5.65. The van der Waals surface area contributed by atoms with E-state index >= 15 is 0 Å². The van der Waals surface area contributed by atoms with Crippen LogP contribution in [0.4, 0.5) is 4.79 Å². The van der Waals surface area contributed by atoms with Crippen molar-refractivity contribution in [2.45, 2.75) is 31.2 Å². The maximum absolute atomic E-state index is 12.9. The minimum absolute atomic E-state index is 0.0206. The topological polar surface area (TPSA) is 95.9 Å². The number of nitrogens with zero attached hydrogens (tertiary/aromatic N) is 1. The molecule has 1 heterocycles. The third kappa shape index (κ3) is 3.54. The van der Waals surface area contributed by atoms with Crippen molar-refractivity contribution in [3.05, 3.63) is 59.7 Å². The fourth-order valence-corrected chi connectivity index (χ4v) is 6.47. The van der Waals surface area contributed by atoms with Crippen LogP contribution in [0.3, 0.4) is 0 Å². The van der Waals surface area contributed by atoms with Gasteiger partial charge in [-0.3, -0.25) is 9.59 Å². The lowest BCUT2D eigenvalue weighted by atomic mass is 9.98. The average molecular weight is 461 g/mol. The molecule has 0 bridgehead atoms. The number of likely N-dealkylation sites (tertiary alicyclic amines) is 1. The SMILES string of the molecule is O=C(N[C@H]1CC[C@@H](C(=O)N2CC3C(C2)C3C(=O)O)C1)OCC1c2ccccc2-c2ccccc21. The number of amides is 2. The van der Waals surface area contributed by atoms with Gasteiger partial charge in [0.1, 0.15) is 6.61 Å². The number of carboxylic acid groups (broad SMARTS) is 1. The van der Waals surface area contributed by atoms with Gasteiger partial charge in [-0.2, -0.15) is 0 Å². The van der Waals surface area contributed by atoms with Crippen LogP contribution in [0.15, 0.2) is 48.5 Å². The fraction of sp³-hybridized carbons (Fsp3) is 0.444. The second-order valence-electron chi connectivity index (χ2n) is 10.1. The molecule has 2 aromatic carbocycles. The largest absolute Gasteiger partial charge is 0.481 e. The number of ether oxygens (including phenoxy) is 1. The molecule has 0 aromatic heterocycles. The molecule has 3 aliphatic carbocycles. The zero-order valence-corrected chi connectivity index (χ0v) is 18.9. The quantitative estimate of drug-likeness (QED) is 0.712. The van der Waals surface area contributed by atoms with Gasteiger partial charge in [0, 0.05) is 31.0 Å². The number of carbonyl (C=O) groups excluding carboxylic acids is 2. The number of rotatable bonds is 5. The number of alkyl carbamates (subject to hydrolysis) is 1. The van der Waals surface area contributed by atoms with Crippen LogP contribution in [-0.2, 0) is 14.3 Å². The molecule has 2 saturated carbocycles. The highest BCUT2D eigenvalue weighted by atomic mass is 16.5. The summed E-state index contributed by atoms with van der Waals surface area (Å²) in [4.78, 5) is 38.5. The number of carbonyl (C=O) groups is 3. The molecule has 0 spiro atoms. The number of carboxylic acids is 1. The van der Waals surface area contributed by atoms with Crippen LogP contribution in [0.25, 0.3) is 11.1 Å². The highest BCUT2D eigenvalue weighted by Crippen LogP contribution is 2.52. The van der Waals surface area contributed by atoms with E-state index in [0.717, 1.165) is 12.8 Å². The van der Waals surface area contributed by atoms with E-state index in [2.05, 4.69) is 29.6 Å². The smallest absolute Gasteiger partial charge is 0.407 e. The van der Waals surface area contributed by atoms with Crippen molar-refractivity contribution in [1.82, 2.24) is 10.2 Å². The van der Waals surface area contributed by atoms with Gasteiger partial charge in [0.05, 0.1) is 5.92 Å². The molecule has 2 N–H and O–H groups in total. The third-order valence-electron chi connectivity index (χ3n) is 8.24. The molecule has 2 unspecified atom stereocenters. The van der Waals surface area contributed by atoms with Crippen LogP contribution in [0.5, 0.6) is 0 Å². The van der Waals surface area contributed by atoms with Crippen LogP contribution in [0.2, 0.25) is 0 Å². The molecule has 4 aliphatic rings. The molecule has 1 saturated heterocycles. The minimum Gasteiger partial charge on any atom is -0.481 e. The van der Waals surface area contributed by atoms with E-state index < -0.39 is 12.1 Å². The molecule has 4 atom stereocenters. The predicted octanol–water partition coefficient (Wildman–Crippen LogP) is 3.48. The van der Waals surface area contributed by atoms with Crippen LogP contribution in [0, 0.1) is 23.7 Å². The molecule has 2 amide bonds. The summed E-state index contributed by atoms with van der Waals surface area (Å²) in [5.41, 5.74) is 4.74. The minimum atomic E-state index is -0.740. The molecule has 34 heavy (non-hydrogen) atoms. The Morgan fingerprint density at radius 1 is 0.941 bits per heavy atom. The standard InChI is InChI=1S/C27H28N2O5/c30-25(29-12-21-22(13-29)24(21)26(31)32)15-9-10-16(11-15)28-27(33)34-14-23-19-7-3-1-5-17(19)18-6-2-4-8-20(18)23/h1-8,15-16,21-24H,9-14H2,(H,28,33)(H,31,32)/t15-,16+,21?,22?,24?/m1/s1. The molecule has 176 valence electrons. The summed E-state index contributed by atoms with van der Waals surface area (Å²) in [6, 6.07) is 16.4. The van der Waals surface area contributed by atoms with Gasteiger partial charge < -0.3 is 20.1 Å². The summed E-state index contributed by atoms with van der Waals surface area (Å²) in [5.74, 6) is -0.749. The first kappa shape index (κ1) is 21.2. The molecule has 2 aromatic rings. The van der Waals surface area contributed by atoms with Gasteiger partial charge in [-0.05, 0) is 53.4 Å². The summed E-state index contributed by atoms with van der Waals surface area (Å²) in [6.45, 7) is 1.39. The Kier molecular flexibility index (Phi) is 5.08. The van der Waals surface area contributed by atoms with Crippen molar-refractivity contribution in [1.29, 1.82) is 0 Å². The zero-order valence-electron chi connectivity index (χ0n) is 18.9. The first-order valence-corrected chi connectivity index (χ1v) is 12.1. The van der Waals surface area contributed by atoms with Gasteiger partial charge in [0.2, 0.25) is 5.91 Å². The highest BCUT2D eigenvalue weighted by Gasteiger charge is 2.60. The average Bonchev–Trinajstić information content (AvgIpc) is 3.20. The van der Waals surface area contributed by atoms with Gasteiger partial charge >= 0.3 is 12.1 Å². The summed E-state index contributed by atoms with van der Waals surface area (Å²) in [5, 5.41) is 12.1. The molecular formula is C27H28N2O5. The van der Waals surface area contributed by atoms with Crippen LogP contribution >= 0.6 is 0 Å². The number of benzene rings is 2. The Bertz CT molecular complexity index is 1110. The molecular weight excluding hydrogens is 432 g/mol. The predicted molar refractivity (Wildman–Crippen MR) is 124 cm³/mol. The molecule has 1 aliphatic heterocycles. The van der Waals surface area contributed by atoms with Crippen molar-refractivity contribution in [2.24, 2.45) is 23.7 Å². The monoisotopic (exact) mass is 460 g/mol. The van der Waals surface area contributed by atoms with Gasteiger partial charge in [-0.25, -0.2) is 4.79 Å². The Balaban J connectivity index is 1.01. The van der Waals surface area contributed by atoms with Gasteiger partial charge in [-0.15, -0.1) is 0 Å². The normalized spacial score (nSPS) is 28.7. The van der Waals surface area contributed by atoms with Crippen LogP contribution in [0.1, 0.15) is 36.3 Å². The molecule has 7 heteroatoms. The van der Waals surface area contributed by atoms with Crippen molar-refractivity contribution in [2.75, 3.05) is 19.7 Å². The van der Waals surface area contributed by atoms with E-state index in [1.807, 2.05) is 29.2 Å². The summed E-state index contributed by atoms with van der Waals surface area (Å²) in [6.07, 6.45) is 1.66. The number of hydrogen-bond donors (Lipinski definition) is 2. The lowest BCUT2D eigenvalue weighted by molar-refractivity contribution is -0.141. The summed E-state index contributed by atoms with van der Waals surface area (Å²) >= 11 is 0. The number of aliphatic carboxylic acids is 1. The van der Waals surface area contributed by atoms with E-state index in [-0.39, 0.29) is 48.1 Å². The zero-order chi connectivity index (χ0) is 23.4. The Labute approximate surface area is 198 Å². The Morgan fingerprint density at radius 2 is 1.56 bits per heavy atom. The molecule has 0 radical (unpaired) electrons. The first-order chi connectivity index (χ1) is 16.5. The third-order valence-corrected chi connectivity index (χ3v) is 8.24. The lowest BCUT2D eigenvalue weighted by Gasteiger charge is -2.23. The molecule has 3 fully saturated rings. The number of hydrogen-bond acceptors (Lipinski definition) is 4. The van der Waals surface area contributed by atoms with Crippen molar-refractivity contribution in [3.63, 3.8) is 0 Å². The molecule has 6 rings (SSSR count). The van der Waals surface area contributed by atoms with Crippen molar-refractivity contribution in [3.8, 4) is 11.1 Å². The fourth-order valence-electron chi connectivity index (χ4n) is 6.47. The van der Waals surface area contributed by atoms with E-state index in [1.54, 1.807) is 0 Å². The highest BCUT2D eigenvalue weighted by molar-refractivity contribution is 5.82. The number of nitrogens with one attached hydrogen (secondary N) is 1. The molecule has 7 nitrogen and oxygen atoms in total. The van der Waals surface area contributed by atoms with Gasteiger partial charge in [-0.1, -0.05) is 48.5 Å². The number of piperidine rings is 1. The van der Waals surface area contributed by atoms with E-state index in [1.165, 1.54) is 22.3 Å². The first-order valence-electron chi connectivity index (χ1n) is 12.1.